The lowest BCUT2D eigenvalue weighted by molar-refractivity contribution is -0.135. The molecule has 2 aliphatic carbocycles. The Labute approximate surface area is 272 Å². The minimum absolute atomic E-state index is 0.0155. The first-order valence-corrected chi connectivity index (χ1v) is 15.2. The fourth-order valence-electron chi connectivity index (χ4n) is 6.17. The maximum Gasteiger partial charge on any atom is 0.252 e. The summed E-state index contributed by atoms with van der Waals surface area (Å²) in [7, 11) is 0. The number of alkyl halides is 3. The van der Waals surface area contributed by atoms with Crippen LogP contribution in [0, 0.1) is 28.4 Å². The fraction of sp³-hybridized carbons (Fsp3) is 0.406. The number of anilines is 2. The highest BCUT2D eigenvalue weighted by atomic mass is 35.5. The highest BCUT2D eigenvalue weighted by Gasteiger charge is 2.53. The van der Waals surface area contributed by atoms with Crippen molar-refractivity contribution < 1.29 is 37.1 Å². The number of carbonyl (C=O) groups is 3. The van der Waals surface area contributed by atoms with E-state index in [-0.39, 0.29) is 37.6 Å². The molecule has 1 saturated carbocycles. The molecule has 10 nitrogen and oxygen atoms in total. The normalized spacial score (nSPS) is 24.7. The van der Waals surface area contributed by atoms with Gasteiger partial charge in [0.15, 0.2) is 0 Å². The predicted molar refractivity (Wildman–Crippen MR) is 164 cm³/mol. The van der Waals surface area contributed by atoms with Crippen molar-refractivity contribution >= 4 is 40.8 Å². The van der Waals surface area contributed by atoms with Crippen molar-refractivity contribution in [3.63, 3.8) is 0 Å². The van der Waals surface area contributed by atoms with Crippen molar-refractivity contribution in [3.8, 4) is 6.07 Å². The second-order valence-corrected chi connectivity index (χ2v) is 12.4. The molecular weight excluding hydrogens is 644 g/mol. The van der Waals surface area contributed by atoms with E-state index in [0.717, 1.165) is 21.9 Å². The van der Waals surface area contributed by atoms with Crippen LogP contribution >= 0.6 is 11.6 Å². The Hall–Kier alpha value is -4.32. The van der Waals surface area contributed by atoms with Crippen molar-refractivity contribution in [1.29, 1.82) is 5.26 Å². The van der Waals surface area contributed by atoms with E-state index in [4.69, 9.17) is 11.6 Å². The molecule has 1 aromatic carbocycles. The van der Waals surface area contributed by atoms with E-state index in [9.17, 15) is 42.3 Å². The first-order chi connectivity index (χ1) is 22.3. The largest absolute Gasteiger partial charge is 0.395 e. The zero-order valence-corrected chi connectivity index (χ0v) is 25.9. The molecule has 0 bridgehead atoms. The number of benzene rings is 1. The van der Waals surface area contributed by atoms with Gasteiger partial charge < -0.3 is 10.4 Å². The number of β-amino-alcohol motifs (C(OH)–C–C–N with tert-alkyl or cyclic N) is 1. The Morgan fingerprint density at radius 1 is 1.21 bits per heavy atom. The molecule has 0 spiro atoms. The molecule has 1 saturated heterocycles. The third-order valence-electron chi connectivity index (χ3n) is 8.53. The van der Waals surface area contributed by atoms with E-state index >= 15 is 0 Å². The number of amides is 3. The van der Waals surface area contributed by atoms with Crippen molar-refractivity contribution in [2.45, 2.75) is 49.2 Å². The van der Waals surface area contributed by atoms with E-state index in [1.807, 2.05) is 6.07 Å². The number of hydrogen-bond acceptors (Lipinski definition) is 7. The van der Waals surface area contributed by atoms with Crippen LogP contribution in [0.5, 0.6) is 0 Å². The zero-order valence-electron chi connectivity index (χ0n) is 25.1. The summed E-state index contributed by atoms with van der Waals surface area (Å²) in [6, 6.07) is 2.73. The third kappa shape index (κ3) is 7.02. The Bertz CT molecular complexity index is 1640. The van der Waals surface area contributed by atoms with Crippen molar-refractivity contribution in [2.24, 2.45) is 5.41 Å². The summed E-state index contributed by atoms with van der Waals surface area (Å²) in [5.74, 6) is -7.76. The topological polar surface area (TPSA) is 130 Å². The van der Waals surface area contributed by atoms with Crippen LogP contribution in [-0.4, -0.2) is 88.4 Å². The number of nitriles is 1. The molecule has 2 aromatic rings. The maximum atomic E-state index is 15.0. The second-order valence-electron chi connectivity index (χ2n) is 12.0. The molecule has 4 atom stereocenters. The molecule has 2 unspecified atom stereocenters. The van der Waals surface area contributed by atoms with Gasteiger partial charge in [-0.1, -0.05) is 31.2 Å². The van der Waals surface area contributed by atoms with E-state index in [1.54, 1.807) is 31.2 Å². The minimum atomic E-state index is -2.99. The molecule has 1 aliphatic heterocycles. The average molecular weight is 675 g/mol. The summed E-state index contributed by atoms with van der Waals surface area (Å²) < 4.78 is 57.2. The zero-order chi connectivity index (χ0) is 34.1. The van der Waals surface area contributed by atoms with Crippen LogP contribution in [0.3, 0.4) is 0 Å². The molecule has 248 valence electrons. The Morgan fingerprint density at radius 3 is 2.53 bits per heavy atom. The smallest absolute Gasteiger partial charge is 0.252 e. The van der Waals surface area contributed by atoms with E-state index in [2.05, 4.69) is 10.3 Å². The molecular formula is C32H31ClF4N6O4. The number of piperazine rings is 1. The number of rotatable bonds is 9. The summed E-state index contributed by atoms with van der Waals surface area (Å²) in [4.78, 5) is 50.4. The summed E-state index contributed by atoms with van der Waals surface area (Å²) in [6.07, 6.45) is 6.25. The molecule has 5 rings (SSSR count). The van der Waals surface area contributed by atoms with Gasteiger partial charge in [-0.2, -0.15) is 5.26 Å². The quantitative estimate of drug-likeness (QED) is 0.309. The van der Waals surface area contributed by atoms with Crippen molar-refractivity contribution in [3.05, 3.63) is 78.0 Å². The third-order valence-corrected chi connectivity index (χ3v) is 9.14. The molecule has 3 aliphatic rings. The first-order valence-electron chi connectivity index (χ1n) is 14.7. The lowest BCUT2D eigenvalue weighted by Crippen LogP contribution is -2.68. The molecule has 15 heteroatoms. The summed E-state index contributed by atoms with van der Waals surface area (Å²) in [5, 5.41) is 20.7. The van der Waals surface area contributed by atoms with E-state index in [0.29, 0.717) is 6.07 Å². The molecule has 2 N–H and O–H groups in total. The van der Waals surface area contributed by atoms with E-state index in [1.165, 1.54) is 23.2 Å². The SMILES string of the molecule is CC1([C@@H](C(=O)NC2CC(F)(F)C2)N(C(=O)[C@@H]2CN(CCO)CC(=O)N2c2cc(C#N)ccn2)c2cc(F)cc(F)c2)C=CC=CC1Cl. The molecule has 3 amide bonds. The number of pyridine rings is 1. The van der Waals surface area contributed by atoms with Crippen LogP contribution in [0.15, 0.2) is 60.8 Å². The number of nitrogens with zero attached hydrogens (tertiary/aromatic N) is 5. The second kappa shape index (κ2) is 13.4. The highest BCUT2D eigenvalue weighted by molar-refractivity contribution is 6.23. The van der Waals surface area contributed by atoms with Crippen LogP contribution in [-0.2, 0) is 14.4 Å². The Kier molecular flexibility index (Phi) is 9.72. The monoisotopic (exact) mass is 674 g/mol. The summed E-state index contributed by atoms with van der Waals surface area (Å²) in [5.41, 5.74) is -1.75. The van der Waals surface area contributed by atoms with Gasteiger partial charge in [-0.25, -0.2) is 22.5 Å². The number of hydrogen-bond donors (Lipinski definition) is 2. The average Bonchev–Trinajstić information content (AvgIpc) is 2.99. The van der Waals surface area contributed by atoms with Crippen LogP contribution in [0.1, 0.15) is 25.3 Å². The van der Waals surface area contributed by atoms with Gasteiger partial charge in [-0.15, -0.1) is 11.6 Å². The van der Waals surface area contributed by atoms with E-state index < -0.39 is 82.7 Å². The number of aliphatic hydroxyl groups excluding tert-OH is 1. The highest BCUT2D eigenvalue weighted by Crippen LogP contribution is 2.42. The minimum Gasteiger partial charge on any atom is -0.395 e. The van der Waals surface area contributed by atoms with Gasteiger partial charge in [0.25, 0.3) is 11.8 Å². The Morgan fingerprint density at radius 2 is 1.91 bits per heavy atom. The van der Waals surface area contributed by atoms with Gasteiger partial charge in [0, 0.05) is 49.7 Å². The van der Waals surface area contributed by atoms with Crippen molar-refractivity contribution in [1.82, 2.24) is 15.2 Å². The number of nitrogens with one attached hydrogen (secondary N) is 1. The number of aliphatic hydroxyl groups is 1. The first kappa shape index (κ1) is 34.0. The standard InChI is InChI=1S/C32H31ClF4N6O4/c1-31(6-3-2-4-25(31)33)28(29(46)40-22-14-32(36,37)15-22)42(23-12-20(34)11-21(35)13-23)30(47)24-17-41(8-9-44)18-27(45)43(24)26-10-19(16-38)5-7-39-26/h2-7,10-13,22,24-25,28,44H,8-9,14-15,17-18H2,1H3,(H,40,46)/t24-,25?,28+,31?/m0/s1. The summed E-state index contributed by atoms with van der Waals surface area (Å²) in [6.45, 7) is 0.706. The molecule has 2 fully saturated rings. The molecule has 0 radical (unpaired) electrons. The number of allylic oxidation sites excluding steroid dienone is 3. The Balaban J connectivity index is 1.68. The van der Waals surface area contributed by atoms with Gasteiger partial charge in [0.05, 0.1) is 35.8 Å². The number of carbonyl (C=O) groups excluding carboxylic acids is 3. The van der Waals surface area contributed by atoms with Gasteiger partial charge in [0.2, 0.25) is 11.8 Å². The number of halogens is 5. The van der Waals surface area contributed by atoms with Crippen LogP contribution in [0.4, 0.5) is 29.1 Å². The molecule has 1 aromatic heterocycles. The summed E-state index contributed by atoms with van der Waals surface area (Å²) >= 11 is 6.76. The van der Waals surface area contributed by atoms with Gasteiger partial charge in [0.1, 0.15) is 29.5 Å². The predicted octanol–water partition coefficient (Wildman–Crippen LogP) is 3.30. The van der Waals surface area contributed by atoms with Gasteiger partial charge >= 0.3 is 0 Å². The van der Waals surface area contributed by atoms with Gasteiger partial charge in [-0.05, 0) is 24.3 Å². The molecule has 2 heterocycles. The van der Waals surface area contributed by atoms with Crippen LogP contribution in [0.25, 0.3) is 0 Å². The lowest BCUT2D eigenvalue weighted by Gasteiger charge is -2.48. The number of aromatic nitrogens is 1. The van der Waals surface area contributed by atoms with Gasteiger partial charge in [-0.3, -0.25) is 29.1 Å². The van der Waals surface area contributed by atoms with Crippen molar-refractivity contribution in [2.75, 3.05) is 36.0 Å². The maximum absolute atomic E-state index is 15.0. The lowest BCUT2D eigenvalue weighted by atomic mass is 9.74. The molecule has 47 heavy (non-hydrogen) atoms. The van der Waals surface area contributed by atoms with Crippen LogP contribution < -0.4 is 15.1 Å². The van der Waals surface area contributed by atoms with Crippen LogP contribution in [0.2, 0.25) is 0 Å². The fourth-order valence-corrected chi connectivity index (χ4v) is 6.45.